The van der Waals surface area contributed by atoms with Gasteiger partial charge in [0, 0.05) is 26.6 Å². The molecule has 2 rings (SSSR count). The lowest BCUT2D eigenvalue weighted by molar-refractivity contribution is 0.0913. The number of rotatable bonds is 5. The summed E-state index contributed by atoms with van der Waals surface area (Å²) >= 11 is 0. The molecule has 6 heteroatoms. The predicted octanol–water partition coefficient (Wildman–Crippen LogP) is 1.09. The number of furan rings is 1. The highest BCUT2D eigenvalue weighted by molar-refractivity contribution is 5.91. The third-order valence-electron chi connectivity index (χ3n) is 2.50. The average Bonchev–Trinajstić information content (AvgIpc) is 2.96. The topological polar surface area (TPSA) is 69.3 Å². The van der Waals surface area contributed by atoms with Crippen LogP contribution in [0.25, 0.3) is 0 Å². The van der Waals surface area contributed by atoms with Crippen molar-refractivity contribution in [1.29, 1.82) is 0 Å². The summed E-state index contributed by atoms with van der Waals surface area (Å²) in [5, 5.41) is 2.74. The zero-order valence-electron chi connectivity index (χ0n) is 10.3. The maximum Gasteiger partial charge on any atom is 0.287 e. The molecule has 0 atom stereocenters. The highest BCUT2D eigenvalue weighted by atomic mass is 16.5. The van der Waals surface area contributed by atoms with Crippen molar-refractivity contribution in [1.82, 2.24) is 14.9 Å². The molecule has 0 aromatic carbocycles. The molecule has 0 saturated carbocycles. The summed E-state index contributed by atoms with van der Waals surface area (Å²) in [4.78, 5) is 15.9. The van der Waals surface area contributed by atoms with Crippen molar-refractivity contribution in [2.24, 2.45) is 7.05 Å². The first-order valence-corrected chi connectivity index (χ1v) is 5.52. The molecule has 1 N–H and O–H groups in total. The molecule has 18 heavy (non-hydrogen) atoms. The molecule has 0 aliphatic rings. The lowest BCUT2D eigenvalue weighted by Crippen LogP contribution is -2.23. The minimum absolute atomic E-state index is 0.264. The van der Waals surface area contributed by atoms with Gasteiger partial charge in [0.15, 0.2) is 5.76 Å². The Bertz CT molecular complexity index is 530. The largest absolute Gasteiger partial charge is 0.453 e. The van der Waals surface area contributed by atoms with E-state index in [1.807, 2.05) is 17.8 Å². The number of imidazole rings is 1. The number of carbonyl (C=O) groups is 1. The van der Waals surface area contributed by atoms with Crippen molar-refractivity contribution < 1.29 is 13.9 Å². The third-order valence-corrected chi connectivity index (χ3v) is 2.50. The number of hydrogen-bond donors (Lipinski definition) is 1. The number of methoxy groups -OCH3 is 1. The molecular weight excluding hydrogens is 234 g/mol. The Labute approximate surface area is 105 Å². The van der Waals surface area contributed by atoms with Crippen LogP contribution in [0.4, 0.5) is 0 Å². The Kier molecular flexibility index (Phi) is 3.78. The van der Waals surface area contributed by atoms with E-state index < -0.39 is 0 Å². The number of aryl methyl sites for hydroxylation is 1. The Morgan fingerprint density at radius 1 is 1.56 bits per heavy atom. The molecule has 2 aromatic rings. The molecule has 0 aliphatic heterocycles. The summed E-state index contributed by atoms with van der Waals surface area (Å²) in [5.41, 5.74) is 0. The van der Waals surface area contributed by atoms with E-state index in [1.165, 1.54) is 0 Å². The molecule has 0 aliphatic carbocycles. The van der Waals surface area contributed by atoms with E-state index in [0.29, 0.717) is 18.9 Å². The van der Waals surface area contributed by atoms with Crippen LogP contribution in [0.15, 0.2) is 28.9 Å². The van der Waals surface area contributed by atoms with Crippen LogP contribution in [0.1, 0.15) is 22.1 Å². The molecule has 1 amide bonds. The minimum Gasteiger partial charge on any atom is -0.453 e. The quantitative estimate of drug-likeness (QED) is 0.861. The molecule has 0 saturated heterocycles. The molecule has 0 unspecified atom stereocenters. The van der Waals surface area contributed by atoms with Gasteiger partial charge in [0.1, 0.15) is 18.2 Å². The number of nitrogens with one attached hydrogen (secondary N) is 1. The molecule has 0 radical (unpaired) electrons. The minimum atomic E-state index is -0.264. The van der Waals surface area contributed by atoms with Gasteiger partial charge in [0.25, 0.3) is 5.91 Å². The first-order chi connectivity index (χ1) is 8.70. The van der Waals surface area contributed by atoms with Gasteiger partial charge in [-0.2, -0.15) is 0 Å². The van der Waals surface area contributed by atoms with Crippen LogP contribution in [0.3, 0.4) is 0 Å². The van der Waals surface area contributed by atoms with Crippen molar-refractivity contribution in [2.75, 3.05) is 7.11 Å². The molecule has 0 spiro atoms. The van der Waals surface area contributed by atoms with Gasteiger partial charge >= 0.3 is 0 Å². The fourth-order valence-corrected chi connectivity index (χ4v) is 1.53. The average molecular weight is 249 g/mol. The molecule has 96 valence electrons. The van der Waals surface area contributed by atoms with E-state index in [9.17, 15) is 4.79 Å². The second-order valence-corrected chi connectivity index (χ2v) is 3.84. The molecular formula is C12H15N3O3. The second kappa shape index (κ2) is 5.50. The summed E-state index contributed by atoms with van der Waals surface area (Å²) in [5.74, 6) is 1.42. The zero-order valence-corrected chi connectivity index (χ0v) is 10.3. The Morgan fingerprint density at radius 3 is 3.06 bits per heavy atom. The van der Waals surface area contributed by atoms with Gasteiger partial charge in [-0.25, -0.2) is 4.98 Å². The number of nitrogens with zero attached hydrogens (tertiary/aromatic N) is 2. The SMILES string of the molecule is COCc1ccc(C(=O)NCc2nccn2C)o1. The number of amides is 1. The Balaban J connectivity index is 1.93. The van der Waals surface area contributed by atoms with Gasteiger partial charge < -0.3 is 19.0 Å². The molecule has 6 nitrogen and oxygen atoms in total. The fourth-order valence-electron chi connectivity index (χ4n) is 1.53. The van der Waals surface area contributed by atoms with Gasteiger partial charge in [-0.15, -0.1) is 0 Å². The standard InChI is InChI=1S/C12H15N3O3/c1-15-6-5-13-11(15)7-14-12(16)10-4-3-9(18-10)8-17-2/h3-6H,7-8H2,1-2H3,(H,14,16). The predicted molar refractivity (Wildman–Crippen MR) is 63.8 cm³/mol. The Morgan fingerprint density at radius 2 is 2.39 bits per heavy atom. The van der Waals surface area contributed by atoms with E-state index in [0.717, 1.165) is 5.82 Å². The van der Waals surface area contributed by atoms with Gasteiger partial charge in [-0.3, -0.25) is 4.79 Å². The number of aromatic nitrogens is 2. The third kappa shape index (κ3) is 2.78. The van der Waals surface area contributed by atoms with E-state index in [1.54, 1.807) is 25.4 Å². The zero-order chi connectivity index (χ0) is 13.0. The smallest absolute Gasteiger partial charge is 0.287 e. The van der Waals surface area contributed by atoms with Crippen LogP contribution >= 0.6 is 0 Å². The lowest BCUT2D eigenvalue weighted by atomic mass is 10.4. The van der Waals surface area contributed by atoms with E-state index >= 15 is 0 Å². The van der Waals surface area contributed by atoms with Crippen molar-refractivity contribution >= 4 is 5.91 Å². The van der Waals surface area contributed by atoms with Crippen LogP contribution < -0.4 is 5.32 Å². The first-order valence-electron chi connectivity index (χ1n) is 5.52. The van der Waals surface area contributed by atoms with Crippen LogP contribution in [-0.2, 0) is 24.9 Å². The highest BCUT2D eigenvalue weighted by Crippen LogP contribution is 2.08. The van der Waals surface area contributed by atoms with E-state index in [-0.39, 0.29) is 11.7 Å². The molecule has 0 bridgehead atoms. The van der Waals surface area contributed by atoms with Crippen LogP contribution in [0.2, 0.25) is 0 Å². The van der Waals surface area contributed by atoms with Crippen LogP contribution in [0, 0.1) is 0 Å². The van der Waals surface area contributed by atoms with Gasteiger partial charge in [-0.05, 0) is 12.1 Å². The summed E-state index contributed by atoms with van der Waals surface area (Å²) in [6.07, 6.45) is 3.51. The first kappa shape index (κ1) is 12.4. The van der Waals surface area contributed by atoms with Crippen LogP contribution in [-0.4, -0.2) is 22.6 Å². The van der Waals surface area contributed by atoms with Gasteiger partial charge in [0.05, 0.1) is 6.54 Å². The highest BCUT2D eigenvalue weighted by Gasteiger charge is 2.11. The summed E-state index contributed by atoms with van der Waals surface area (Å²) in [7, 11) is 3.45. The fraction of sp³-hybridized carbons (Fsp3) is 0.333. The molecule has 0 fully saturated rings. The number of carbonyl (C=O) groups excluding carboxylic acids is 1. The van der Waals surface area contributed by atoms with E-state index in [2.05, 4.69) is 10.3 Å². The maximum absolute atomic E-state index is 11.8. The summed E-state index contributed by atoms with van der Waals surface area (Å²) in [6, 6.07) is 3.35. The van der Waals surface area contributed by atoms with Crippen molar-refractivity contribution in [3.63, 3.8) is 0 Å². The monoisotopic (exact) mass is 249 g/mol. The summed E-state index contributed by atoms with van der Waals surface area (Å²) in [6.45, 7) is 0.718. The maximum atomic E-state index is 11.8. The second-order valence-electron chi connectivity index (χ2n) is 3.84. The van der Waals surface area contributed by atoms with Crippen molar-refractivity contribution in [3.8, 4) is 0 Å². The van der Waals surface area contributed by atoms with Crippen LogP contribution in [0.5, 0.6) is 0 Å². The lowest BCUT2D eigenvalue weighted by Gasteiger charge is -2.03. The molecule has 2 heterocycles. The normalized spacial score (nSPS) is 10.6. The van der Waals surface area contributed by atoms with Crippen molar-refractivity contribution in [2.45, 2.75) is 13.2 Å². The Hall–Kier alpha value is -2.08. The molecule has 2 aromatic heterocycles. The number of ether oxygens (including phenoxy) is 1. The van der Waals surface area contributed by atoms with Crippen molar-refractivity contribution in [3.05, 3.63) is 41.9 Å². The van der Waals surface area contributed by atoms with Gasteiger partial charge in [0.2, 0.25) is 0 Å². The number of hydrogen-bond acceptors (Lipinski definition) is 4. The summed E-state index contributed by atoms with van der Waals surface area (Å²) < 4.78 is 12.1. The van der Waals surface area contributed by atoms with E-state index in [4.69, 9.17) is 9.15 Å². The van der Waals surface area contributed by atoms with Gasteiger partial charge in [-0.1, -0.05) is 0 Å².